The fourth-order valence-electron chi connectivity index (χ4n) is 2.09. The average molecular weight is 353 g/mol. The van der Waals surface area contributed by atoms with Crippen LogP contribution in [-0.4, -0.2) is 14.5 Å². The van der Waals surface area contributed by atoms with Crippen LogP contribution in [0.25, 0.3) is 11.3 Å². The first-order chi connectivity index (χ1) is 10.8. The van der Waals surface area contributed by atoms with E-state index in [4.69, 9.17) is 0 Å². The van der Waals surface area contributed by atoms with Gasteiger partial charge in [0.15, 0.2) is 11.5 Å². The van der Waals surface area contributed by atoms with Crippen molar-refractivity contribution in [2.24, 2.45) is 7.05 Å². The van der Waals surface area contributed by atoms with Crippen LogP contribution >= 0.6 is 0 Å². The van der Waals surface area contributed by atoms with Crippen molar-refractivity contribution in [1.29, 1.82) is 0 Å². The van der Waals surface area contributed by atoms with E-state index < -0.39 is 45.5 Å². The minimum Gasteiger partial charge on any atom is -0.358 e. The van der Waals surface area contributed by atoms with Crippen LogP contribution in [0, 0.1) is 17.0 Å². The molecule has 0 atom stereocenters. The minimum atomic E-state index is -5.05. The number of benzene rings is 1. The van der Waals surface area contributed by atoms with E-state index in [2.05, 4.69) is 4.98 Å². The van der Waals surface area contributed by atoms with Crippen molar-refractivity contribution in [3.63, 3.8) is 0 Å². The molecule has 0 spiro atoms. The summed E-state index contributed by atoms with van der Waals surface area (Å²) < 4.78 is 78.2. The van der Waals surface area contributed by atoms with Gasteiger partial charge in [-0.1, -0.05) is 0 Å². The van der Waals surface area contributed by atoms with Crippen LogP contribution in [0.15, 0.2) is 18.2 Å². The summed E-state index contributed by atoms with van der Waals surface area (Å²) in [6.45, 7) is 1.34. The molecule has 1 aromatic carbocycles. The number of rotatable bonds is 2. The molecule has 5 nitrogen and oxygen atoms in total. The van der Waals surface area contributed by atoms with Crippen molar-refractivity contribution < 1.29 is 31.3 Å². The zero-order valence-corrected chi connectivity index (χ0v) is 12.2. The largest absolute Gasteiger partial charge is 0.416 e. The minimum absolute atomic E-state index is 0.0505. The molecule has 0 saturated carbocycles. The Hall–Kier alpha value is -2.59. The molecular formula is C13H9F6N3O2. The monoisotopic (exact) mass is 353 g/mol. The summed E-state index contributed by atoms with van der Waals surface area (Å²) in [4.78, 5) is 13.9. The fraction of sp³-hybridized carbons (Fsp3) is 0.308. The maximum Gasteiger partial charge on any atom is 0.416 e. The Morgan fingerprint density at radius 3 is 1.88 bits per heavy atom. The van der Waals surface area contributed by atoms with E-state index in [-0.39, 0.29) is 11.9 Å². The van der Waals surface area contributed by atoms with E-state index in [1.54, 1.807) is 0 Å². The van der Waals surface area contributed by atoms with Crippen molar-refractivity contribution >= 4 is 5.82 Å². The van der Waals surface area contributed by atoms with Crippen molar-refractivity contribution in [1.82, 2.24) is 9.55 Å². The van der Waals surface area contributed by atoms with Crippen LogP contribution in [-0.2, 0) is 19.4 Å². The van der Waals surface area contributed by atoms with Crippen LogP contribution in [0.5, 0.6) is 0 Å². The highest BCUT2D eigenvalue weighted by Gasteiger charge is 2.38. The van der Waals surface area contributed by atoms with Crippen LogP contribution < -0.4 is 0 Å². The Morgan fingerprint density at radius 2 is 1.50 bits per heavy atom. The van der Waals surface area contributed by atoms with Crippen molar-refractivity contribution in [3.8, 4) is 11.3 Å². The van der Waals surface area contributed by atoms with E-state index in [0.29, 0.717) is 12.1 Å². The molecule has 0 amide bonds. The normalized spacial score (nSPS) is 12.5. The van der Waals surface area contributed by atoms with Crippen LogP contribution in [0.3, 0.4) is 0 Å². The average Bonchev–Trinajstić information content (AvgIpc) is 2.72. The molecule has 0 radical (unpaired) electrons. The van der Waals surface area contributed by atoms with Gasteiger partial charge in [-0.15, -0.1) is 0 Å². The van der Waals surface area contributed by atoms with Crippen molar-refractivity contribution in [2.75, 3.05) is 0 Å². The Morgan fingerprint density at radius 1 is 1.04 bits per heavy atom. The molecule has 0 aliphatic carbocycles. The van der Waals surface area contributed by atoms with Crippen LogP contribution in [0.2, 0.25) is 0 Å². The lowest BCUT2D eigenvalue weighted by Crippen LogP contribution is -2.11. The third-order valence-corrected chi connectivity index (χ3v) is 3.32. The molecular weight excluding hydrogens is 344 g/mol. The third-order valence-electron chi connectivity index (χ3n) is 3.32. The third kappa shape index (κ3) is 3.19. The Labute approximate surface area is 130 Å². The van der Waals surface area contributed by atoms with Gasteiger partial charge >= 0.3 is 18.2 Å². The summed E-state index contributed by atoms with van der Waals surface area (Å²) in [5.41, 5.74) is -4.32. The number of aromatic nitrogens is 2. The van der Waals surface area contributed by atoms with Gasteiger partial charge in [-0.25, -0.2) is 9.55 Å². The smallest absolute Gasteiger partial charge is 0.358 e. The van der Waals surface area contributed by atoms with E-state index in [0.717, 1.165) is 4.57 Å². The first-order valence-corrected chi connectivity index (χ1v) is 6.30. The van der Waals surface area contributed by atoms with Crippen LogP contribution in [0.1, 0.15) is 17.0 Å². The van der Waals surface area contributed by atoms with Gasteiger partial charge in [0.2, 0.25) is 0 Å². The molecule has 0 bridgehead atoms. The highest BCUT2D eigenvalue weighted by atomic mass is 19.4. The van der Waals surface area contributed by atoms with Gasteiger partial charge in [-0.3, -0.25) is 0 Å². The molecule has 2 rings (SSSR count). The van der Waals surface area contributed by atoms with Crippen LogP contribution in [0.4, 0.5) is 32.2 Å². The standard InChI is InChI=1S/C13H9F6N3O2/c1-6-20-10(11(21(6)2)22(23)24)7-3-8(12(14,15)16)5-9(4-7)13(17,18)19/h3-5H,1-2H3. The predicted octanol–water partition coefficient (Wildman–Crippen LogP) is 4.34. The molecule has 2 aromatic rings. The molecule has 0 aliphatic heterocycles. The molecule has 11 heteroatoms. The highest BCUT2D eigenvalue weighted by molar-refractivity contribution is 5.70. The lowest BCUT2D eigenvalue weighted by Gasteiger charge is -2.13. The van der Waals surface area contributed by atoms with E-state index in [1.165, 1.54) is 14.0 Å². The molecule has 24 heavy (non-hydrogen) atoms. The number of nitrogens with zero attached hydrogens (tertiary/aromatic N) is 3. The number of alkyl halides is 6. The van der Waals surface area contributed by atoms with Crippen molar-refractivity contribution in [2.45, 2.75) is 19.3 Å². The van der Waals surface area contributed by atoms with E-state index >= 15 is 0 Å². The number of imidazole rings is 1. The zero-order valence-electron chi connectivity index (χ0n) is 12.2. The maximum atomic E-state index is 12.9. The van der Waals surface area contributed by atoms with Crippen molar-refractivity contribution in [3.05, 3.63) is 45.3 Å². The molecule has 130 valence electrons. The number of nitro groups is 1. The summed E-state index contributed by atoms with van der Waals surface area (Å²) in [6.07, 6.45) is -10.1. The molecule has 1 aromatic heterocycles. The molecule has 0 aliphatic rings. The lowest BCUT2D eigenvalue weighted by molar-refractivity contribution is -0.391. The van der Waals surface area contributed by atoms with Gasteiger partial charge in [0.1, 0.15) is 0 Å². The van der Waals surface area contributed by atoms with E-state index in [9.17, 15) is 36.5 Å². The van der Waals surface area contributed by atoms with Gasteiger partial charge < -0.3 is 10.1 Å². The SMILES string of the molecule is Cc1nc(-c2cc(C(F)(F)F)cc(C(F)(F)F)c2)c([N+](=O)[O-])n1C. The molecule has 0 saturated heterocycles. The Bertz CT molecular complexity index is 775. The summed E-state index contributed by atoms with van der Waals surface area (Å²) in [7, 11) is 1.24. The van der Waals surface area contributed by atoms with Gasteiger partial charge in [0.05, 0.1) is 18.2 Å². The van der Waals surface area contributed by atoms with Gasteiger partial charge in [-0.2, -0.15) is 26.3 Å². The summed E-state index contributed by atoms with van der Waals surface area (Å²) >= 11 is 0. The second-order valence-electron chi connectivity index (χ2n) is 4.94. The second kappa shape index (κ2) is 5.49. The first kappa shape index (κ1) is 17.8. The summed E-state index contributed by atoms with van der Waals surface area (Å²) in [6, 6.07) is 0.763. The number of halogens is 6. The van der Waals surface area contributed by atoms with Gasteiger partial charge in [-0.05, 0) is 23.1 Å². The highest BCUT2D eigenvalue weighted by Crippen LogP contribution is 2.40. The molecule has 0 N–H and O–H groups in total. The zero-order chi connectivity index (χ0) is 18.4. The fourth-order valence-corrected chi connectivity index (χ4v) is 2.09. The summed E-state index contributed by atoms with van der Waals surface area (Å²) in [5.74, 6) is -0.623. The first-order valence-electron chi connectivity index (χ1n) is 6.30. The maximum absolute atomic E-state index is 12.9. The topological polar surface area (TPSA) is 61.0 Å². The number of hydrogen-bond donors (Lipinski definition) is 0. The number of hydrogen-bond acceptors (Lipinski definition) is 3. The Balaban J connectivity index is 2.81. The van der Waals surface area contributed by atoms with E-state index in [1.807, 2.05) is 0 Å². The lowest BCUT2D eigenvalue weighted by atomic mass is 10.0. The second-order valence-corrected chi connectivity index (χ2v) is 4.94. The molecule has 0 unspecified atom stereocenters. The quantitative estimate of drug-likeness (QED) is 0.458. The predicted molar refractivity (Wildman–Crippen MR) is 70.0 cm³/mol. The molecule has 1 heterocycles. The van der Waals surface area contributed by atoms with Gasteiger partial charge in [0, 0.05) is 12.5 Å². The molecule has 0 fully saturated rings. The summed E-state index contributed by atoms with van der Waals surface area (Å²) in [5, 5.41) is 11.1. The van der Waals surface area contributed by atoms with Gasteiger partial charge in [0.25, 0.3) is 0 Å². The Kier molecular flexibility index (Phi) is 4.07. The number of aryl methyl sites for hydroxylation is 1.